The number of ether oxygens (including phenoxy) is 2. The monoisotopic (exact) mass is 271 g/mol. The maximum absolute atomic E-state index is 11.1. The van der Waals surface area contributed by atoms with Gasteiger partial charge in [-0.3, -0.25) is 0 Å². The number of halogens is 1. The smallest absolute Gasteiger partial charge is 0.393 e. The third-order valence-electron chi connectivity index (χ3n) is 2.37. The fourth-order valence-electron chi connectivity index (χ4n) is 1.44. The van der Waals surface area contributed by atoms with E-state index in [2.05, 4.69) is 5.32 Å². The number of aliphatic hydroxyl groups excluding tert-OH is 1. The van der Waals surface area contributed by atoms with Crippen LogP contribution in [0.2, 0.25) is 5.02 Å². The number of carbonyl (C=O) groups is 2. The van der Waals surface area contributed by atoms with Crippen molar-refractivity contribution in [3.05, 3.63) is 29.3 Å². The molecule has 0 amide bonds. The molecule has 0 radical (unpaired) electrons. The third kappa shape index (κ3) is 2.25. The Morgan fingerprint density at radius 3 is 2.17 bits per heavy atom. The number of nitrogens with one attached hydrogen (secondary N) is 1. The first-order valence-corrected chi connectivity index (χ1v) is 5.49. The minimum absolute atomic E-state index is 0.475. The highest BCUT2D eigenvalue weighted by Gasteiger charge is 2.52. The van der Waals surface area contributed by atoms with Crippen LogP contribution in [0, 0.1) is 0 Å². The summed E-state index contributed by atoms with van der Waals surface area (Å²) in [6, 6.07) is 6.37. The molecule has 96 valence electrons. The van der Waals surface area contributed by atoms with Crippen LogP contribution in [0.4, 0.5) is 5.69 Å². The molecule has 1 fully saturated rings. The first kappa shape index (κ1) is 12.7. The molecule has 18 heavy (non-hydrogen) atoms. The van der Waals surface area contributed by atoms with Crippen LogP contribution in [0.15, 0.2) is 24.3 Å². The summed E-state index contributed by atoms with van der Waals surface area (Å²) in [5.41, 5.74) is 0.475. The van der Waals surface area contributed by atoms with E-state index in [1.807, 2.05) is 0 Å². The largest absolute Gasteiger partial charge is 0.422 e. The molecule has 7 heteroatoms. The van der Waals surface area contributed by atoms with E-state index < -0.39 is 24.0 Å². The van der Waals surface area contributed by atoms with E-state index >= 15 is 0 Å². The molecule has 0 aliphatic carbocycles. The molecule has 1 aliphatic heterocycles. The van der Waals surface area contributed by atoms with Gasteiger partial charge in [-0.05, 0) is 31.2 Å². The summed E-state index contributed by atoms with van der Waals surface area (Å²) in [5, 5.41) is 12.8. The number of benzene rings is 1. The Bertz CT molecular complexity index is 469. The van der Waals surface area contributed by atoms with Crippen molar-refractivity contribution in [3.63, 3.8) is 0 Å². The van der Waals surface area contributed by atoms with Gasteiger partial charge in [-0.25, -0.2) is 9.59 Å². The van der Waals surface area contributed by atoms with Crippen LogP contribution in [0.5, 0.6) is 0 Å². The van der Waals surface area contributed by atoms with Crippen molar-refractivity contribution >= 4 is 29.2 Å². The molecule has 1 saturated heterocycles. The van der Waals surface area contributed by atoms with Crippen molar-refractivity contribution in [3.8, 4) is 0 Å². The number of carbonyl (C=O) groups excluding carboxylic acids is 2. The van der Waals surface area contributed by atoms with E-state index in [4.69, 9.17) is 21.1 Å². The van der Waals surface area contributed by atoms with Crippen LogP contribution in [-0.4, -0.2) is 29.1 Å². The molecule has 0 bridgehead atoms. The number of aliphatic hydroxyl groups is 1. The van der Waals surface area contributed by atoms with Gasteiger partial charge in [0.15, 0.2) is 6.10 Å². The second-order valence-electron chi connectivity index (χ2n) is 3.75. The molecule has 1 aromatic rings. The molecule has 1 aliphatic rings. The highest BCUT2D eigenvalue weighted by atomic mass is 35.5. The van der Waals surface area contributed by atoms with Crippen LogP contribution >= 0.6 is 11.6 Å². The van der Waals surface area contributed by atoms with E-state index in [1.54, 1.807) is 24.3 Å². The van der Waals surface area contributed by atoms with Gasteiger partial charge in [-0.1, -0.05) is 11.6 Å². The standard InChI is InChI=1S/C11H10ClNO5/c1-6(14)11(17-9(15)10(16)18-11)13-8-4-2-7(12)3-5-8/h2-6,13-14H,1H3. The van der Waals surface area contributed by atoms with Crippen LogP contribution in [0.25, 0.3) is 0 Å². The maximum atomic E-state index is 11.1. The van der Waals surface area contributed by atoms with E-state index in [9.17, 15) is 14.7 Å². The van der Waals surface area contributed by atoms with Gasteiger partial charge in [0.25, 0.3) is 0 Å². The summed E-state index contributed by atoms with van der Waals surface area (Å²) < 4.78 is 9.50. The first-order valence-electron chi connectivity index (χ1n) is 5.11. The Balaban J connectivity index is 2.25. The van der Waals surface area contributed by atoms with Crippen molar-refractivity contribution < 1.29 is 24.2 Å². The lowest BCUT2D eigenvalue weighted by atomic mass is 10.2. The van der Waals surface area contributed by atoms with Crippen molar-refractivity contribution in [1.29, 1.82) is 0 Å². The fourth-order valence-corrected chi connectivity index (χ4v) is 1.57. The zero-order valence-corrected chi connectivity index (χ0v) is 10.1. The predicted molar refractivity (Wildman–Crippen MR) is 61.7 cm³/mol. The Morgan fingerprint density at radius 2 is 1.72 bits per heavy atom. The zero-order valence-electron chi connectivity index (χ0n) is 9.34. The van der Waals surface area contributed by atoms with E-state index in [-0.39, 0.29) is 0 Å². The van der Waals surface area contributed by atoms with Gasteiger partial charge >= 0.3 is 17.8 Å². The number of anilines is 1. The minimum Gasteiger partial charge on any atom is -0.393 e. The van der Waals surface area contributed by atoms with Gasteiger partial charge in [-0.15, -0.1) is 0 Å². The second kappa shape index (κ2) is 4.47. The number of hydrogen-bond acceptors (Lipinski definition) is 6. The maximum Gasteiger partial charge on any atom is 0.422 e. The highest BCUT2D eigenvalue weighted by molar-refractivity contribution is 6.31. The summed E-state index contributed by atoms with van der Waals surface area (Å²) in [5.74, 6) is -4.21. The zero-order chi connectivity index (χ0) is 13.3. The normalized spacial score (nSPS) is 19.1. The fraction of sp³-hybridized carbons (Fsp3) is 0.273. The lowest BCUT2D eigenvalue weighted by Gasteiger charge is -2.29. The Hall–Kier alpha value is -1.79. The Labute approximate surface area is 107 Å². The predicted octanol–water partition coefficient (Wildman–Crippen LogP) is 0.886. The third-order valence-corrected chi connectivity index (χ3v) is 2.62. The van der Waals surface area contributed by atoms with Crippen molar-refractivity contribution in [2.45, 2.75) is 18.9 Å². The highest BCUT2D eigenvalue weighted by Crippen LogP contribution is 2.28. The van der Waals surface area contributed by atoms with Gasteiger partial charge in [0.1, 0.15) is 0 Å². The number of cyclic esters (lactones) is 2. The van der Waals surface area contributed by atoms with Gasteiger partial charge in [-0.2, -0.15) is 0 Å². The molecular formula is C11H10ClNO5. The van der Waals surface area contributed by atoms with Crippen LogP contribution in [0.3, 0.4) is 0 Å². The van der Waals surface area contributed by atoms with Crippen molar-refractivity contribution in [2.75, 3.05) is 5.32 Å². The molecule has 0 spiro atoms. The lowest BCUT2D eigenvalue weighted by molar-refractivity contribution is -0.200. The van der Waals surface area contributed by atoms with Gasteiger partial charge < -0.3 is 19.9 Å². The van der Waals surface area contributed by atoms with E-state index in [1.165, 1.54) is 6.92 Å². The van der Waals surface area contributed by atoms with Crippen LogP contribution < -0.4 is 5.32 Å². The Kier molecular flexibility index (Phi) is 3.14. The van der Waals surface area contributed by atoms with E-state index in [0.29, 0.717) is 10.7 Å². The second-order valence-corrected chi connectivity index (χ2v) is 4.19. The quantitative estimate of drug-likeness (QED) is 0.627. The molecule has 6 nitrogen and oxygen atoms in total. The average molecular weight is 272 g/mol. The minimum atomic E-state index is -1.90. The number of rotatable bonds is 3. The molecule has 2 rings (SSSR count). The summed E-state index contributed by atoms with van der Waals surface area (Å²) in [6.07, 6.45) is -1.25. The molecule has 0 saturated carbocycles. The molecular weight excluding hydrogens is 262 g/mol. The van der Waals surface area contributed by atoms with Crippen molar-refractivity contribution in [1.82, 2.24) is 0 Å². The average Bonchev–Trinajstić information content (AvgIpc) is 2.59. The topological polar surface area (TPSA) is 84.9 Å². The molecule has 1 unspecified atom stereocenters. The van der Waals surface area contributed by atoms with Gasteiger partial charge in [0, 0.05) is 10.7 Å². The SMILES string of the molecule is CC(O)C1(Nc2ccc(Cl)cc2)OC(=O)C(=O)O1. The van der Waals surface area contributed by atoms with E-state index in [0.717, 1.165) is 0 Å². The Morgan fingerprint density at radius 1 is 1.22 bits per heavy atom. The molecule has 1 aromatic carbocycles. The summed E-state index contributed by atoms with van der Waals surface area (Å²) in [6.45, 7) is 1.33. The molecule has 1 heterocycles. The first-order chi connectivity index (χ1) is 8.43. The summed E-state index contributed by atoms with van der Waals surface area (Å²) >= 11 is 5.72. The van der Waals surface area contributed by atoms with Crippen LogP contribution in [0.1, 0.15) is 6.92 Å². The summed E-state index contributed by atoms with van der Waals surface area (Å²) in [4.78, 5) is 22.1. The number of hydrogen-bond donors (Lipinski definition) is 2. The van der Waals surface area contributed by atoms with Crippen molar-refractivity contribution in [2.24, 2.45) is 0 Å². The van der Waals surface area contributed by atoms with Crippen LogP contribution in [-0.2, 0) is 19.1 Å². The molecule has 2 N–H and O–H groups in total. The summed E-state index contributed by atoms with van der Waals surface area (Å²) in [7, 11) is 0. The number of esters is 2. The van der Waals surface area contributed by atoms with Gasteiger partial charge in [0.05, 0.1) is 0 Å². The molecule has 1 atom stereocenters. The van der Waals surface area contributed by atoms with Gasteiger partial charge in [0.2, 0.25) is 0 Å². The molecule has 0 aromatic heterocycles. The lowest BCUT2D eigenvalue weighted by Crippen LogP contribution is -2.49.